The van der Waals surface area contributed by atoms with Crippen LogP contribution < -0.4 is 11.5 Å². The second-order valence-corrected chi connectivity index (χ2v) is 6.29. The molecule has 4 N–H and O–H groups in total. The van der Waals surface area contributed by atoms with E-state index in [2.05, 4.69) is 20.9 Å². The third-order valence-corrected chi connectivity index (χ3v) is 3.94. The standard InChI is InChI=1S/C9H7BrN2S.C7H9N.CH2O/c10-7-3-1-6(2-4-7)8-5-13-9(11)12-8;1-6-2-4-7(8)5-3-6;1-2/h1-5H,(H2,11,12);2-5H,8H2,1H3;1H2. The Kier molecular flexibility index (Phi) is 8.01. The Morgan fingerprint density at radius 1 is 1.00 bits per heavy atom. The molecule has 2 aromatic carbocycles. The molecule has 0 atom stereocenters. The summed E-state index contributed by atoms with van der Waals surface area (Å²) in [5.41, 5.74) is 15.1. The number of hydrogen-bond acceptors (Lipinski definition) is 5. The zero-order chi connectivity index (χ0) is 17.2. The fourth-order valence-corrected chi connectivity index (χ4v) is 2.44. The number of aromatic nitrogens is 1. The molecule has 23 heavy (non-hydrogen) atoms. The number of nitrogens with two attached hydrogens (primary N) is 2. The second-order valence-electron chi connectivity index (χ2n) is 4.49. The molecule has 1 aromatic heterocycles. The molecular weight excluding hydrogens is 374 g/mol. The van der Waals surface area contributed by atoms with Crippen LogP contribution in [0.5, 0.6) is 0 Å². The van der Waals surface area contributed by atoms with Gasteiger partial charge in [-0.05, 0) is 31.2 Å². The molecular formula is C17H18BrN3OS. The molecule has 120 valence electrons. The number of nitrogens with zero attached hydrogens (tertiary/aromatic N) is 1. The number of nitrogen functional groups attached to an aromatic ring is 2. The average molecular weight is 392 g/mol. The molecule has 0 unspecified atom stereocenters. The van der Waals surface area contributed by atoms with Crippen LogP contribution in [0.4, 0.5) is 10.8 Å². The van der Waals surface area contributed by atoms with E-state index in [0.29, 0.717) is 5.13 Å². The maximum Gasteiger partial charge on any atom is 0.180 e. The van der Waals surface area contributed by atoms with Crippen LogP contribution in [-0.2, 0) is 4.79 Å². The smallest absolute Gasteiger partial charge is 0.180 e. The summed E-state index contributed by atoms with van der Waals surface area (Å²) in [5.74, 6) is 0. The van der Waals surface area contributed by atoms with Crippen molar-refractivity contribution in [3.8, 4) is 11.3 Å². The molecule has 3 rings (SSSR count). The van der Waals surface area contributed by atoms with E-state index in [4.69, 9.17) is 16.3 Å². The normalized spacial score (nSPS) is 9.13. The van der Waals surface area contributed by atoms with E-state index in [-0.39, 0.29) is 0 Å². The van der Waals surface area contributed by atoms with Crippen molar-refractivity contribution in [2.75, 3.05) is 11.5 Å². The minimum absolute atomic E-state index is 0.609. The third kappa shape index (κ3) is 6.63. The van der Waals surface area contributed by atoms with Crippen molar-refractivity contribution in [3.05, 3.63) is 63.9 Å². The Hall–Kier alpha value is -2.18. The van der Waals surface area contributed by atoms with E-state index < -0.39 is 0 Å². The molecule has 6 heteroatoms. The maximum atomic E-state index is 8.00. The molecule has 0 amide bonds. The van der Waals surface area contributed by atoms with Gasteiger partial charge in [0.2, 0.25) is 0 Å². The molecule has 0 saturated heterocycles. The summed E-state index contributed by atoms with van der Waals surface area (Å²) < 4.78 is 1.07. The van der Waals surface area contributed by atoms with Crippen molar-refractivity contribution in [2.24, 2.45) is 0 Å². The summed E-state index contributed by atoms with van der Waals surface area (Å²) in [6.07, 6.45) is 0. The minimum Gasteiger partial charge on any atom is -0.399 e. The number of halogens is 1. The number of aryl methyl sites for hydroxylation is 1. The first kappa shape index (κ1) is 18.9. The van der Waals surface area contributed by atoms with E-state index in [1.165, 1.54) is 16.9 Å². The molecule has 0 aliphatic heterocycles. The van der Waals surface area contributed by atoms with E-state index >= 15 is 0 Å². The maximum absolute atomic E-state index is 8.00. The Bertz CT molecular complexity index is 690. The van der Waals surface area contributed by atoms with Gasteiger partial charge < -0.3 is 16.3 Å². The van der Waals surface area contributed by atoms with Crippen LogP contribution >= 0.6 is 27.3 Å². The van der Waals surface area contributed by atoms with E-state index in [9.17, 15) is 0 Å². The van der Waals surface area contributed by atoms with Crippen molar-refractivity contribution in [1.29, 1.82) is 0 Å². The Balaban J connectivity index is 0.000000228. The van der Waals surface area contributed by atoms with Gasteiger partial charge in [-0.3, -0.25) is 0 Å². The van der Waals surface area contributed by atoms with Gasteiger partial charge in [0, 0.05) is 21.1 Å². The van der Waals surface area contributed by atoms with Gasteiger partial charge in [0.1, 0.15) is 6.79 Å². The molecule has 4 nitrogen and oxygen atoms in total. The number of benzene rings is 2. The predicted octanol–water partition coefficient (Wildman–Crippen LogP) is 4.55. The largest absolute Gasteiger partial charge is 0.399 e. The highest BCUT2D eigenvalue weighted by atomic mass is 79.9. The fraction of sp³-hybridized carbons (Fsp3) is 0.0588. The van der Waals surface area contributed by atoms with Crippen LogP contribution in [0.15, 0.2) is 58.4 Å². The van der Waals surface area contributed by atoms with Gasteiger partial charge in [-0.25, -0.2) is 4.98 Å². The molecule has 0 saturated carbocycles. The first-order chi connectivity index (χ1) is 11.0. The van der Waals surface area contributed by atoms with Gasteiger partial charge in [-0.1, -0.05) is 45.8 Å². The van der Waals surface area contributed by atoms with Crippen molar-refractivity contribution >= 4 is 44.9 Å². The zero-order valence-electron chi connectivity index (χ0n) is 12.7. The molecule has 0 fully saturated rings. The summed E-state index contributed by atoms with van der Waals surface area (Å²) in [4.78, 5) is 12.2. The van der Waals surface area contributed by atoms with Gasteiger partial charge >= 0.3 is 0 Å². The highest BCUT2D eigenvalue weighted by molar-refractivity contribution is 9.10. The zero-order valence-corrected chi connectivity index (χ0v) is 15.1. The molecule has 0 radical (unpaired) electrons. The van der Waals surface area contributed by atoms with E-state index in [1.807, 2.05) is 67.6 Å². The Morgan fingerprint density at radius 3 is 2.00 bits per heavy atom. The number of rotatable bonds is 1. The molecule has 1 heterocycles. The molecule has 3 aromatic rings. The van der Waals surface area contributed by atoms with Crippen molar-refractivity contribution in [1.82, 2.24) is 4.98 Å². The number of carbonyl (C=O) groups is 1. The van der Waals surface area contributed by atoms with Crippen molar-refractivity contribution in [3.63, 3.8) is 0 Å². The van der Waals surface area contributed by atoms with Crippen LogP contribution in [0.3, 0.4) is 0 Å². The SMILES string of the molecule is C=O.Cc1ccc(N)cc1.Nc1nc(-c2ccc(Br)cc2)cs1. The van der Waals surface area contributed by atoms with Gasteiger partial charge in [-0.15, -0.1) is 11.3 Å². The molecule has 0 spiro atoms. The Labute approximate surface area is 148 Å². The monoisotopic (exact) mass is 391 g/mol. The average Bonchev–Trinajstić information content (AvgIpc) is 3.00. The van der Waals surface area contributed by atoms with Crippen LogP contribution in [0.2, 0.25) is 0 Å². The first-order valence-electron chi connectivity index (χ1n) is 6.62. The Morgan fingerprint density at radius 2 is 1.57 bits per heavy atom. The topological polar surface area (TPSA) is 82.0 Å². The van der Waals surface area contributed by atoms with Gasteiger partial charge in [0.15, 0.2) is 5.13 Å². The summed E-state index contributed by atoms with van der Waals surface area (Å²) in [6, 6.07) is 15.8. The van der Waals surface area contributed by atoms with Crippen LogP contribution in [0.25, 0.3) is 11.3 Å². The number of thiazole rings is 1. The number of anilines is 2. The molecule has 0 aliphatic carbocycles. The highest BCUT2D eigenvalue weighted by Gasteiger charge is 2.00. The summed E-state index contributed by atoms with van der Waals surface area (Å²) >= 11 is 4.84. The summed E-state index contributed by atoms with van der Waals surface area (Å²) in [7, 11) is 0. The number of hydrogen-bond donors (Lipinski definition) is 2. The van der Waals surface area contributed by atoms with Gasteiger partial charge in [0.05, 0.1) is 5.69 Å². The molecule has 0 bridgehead atoms. The van der Waals surface area contributed by atoms with E-state index in [0.717, 1.165) is 21.4 Å². The van der Waals surface area contributed by atoms with E-state index in [1.54, 1.807) is 0 Å². The highest BCUT2D eigenvalue weighted by Crippen LogP contribution is 2.24. The lowest BCUT2D eigenvalue weighted by atomic mass is 10.2. The lowest BCUT2D eigenvalue weighted by Crippen LogP contribution is -1.82. The quantitative estimate of drug-likeness (QED) is 0.596. The minimum atomic E-state index is 0.609. The fourth-order valence-electron chi connectivity index (χ4n) is 1.61. The summed E-state index contributed by atoms with van der Waals surface area (Å²) in [5, 5.41) is 2.57. The van der Waals surface area contributed by atoms with Crippen LogP contribution in [0, 0.1) is 6.92 Å². The van der Waals surface area contributed by atoms with Gasteiger partial charge in [0.25, 0.3) is 0 Å². The molecule has 0 aliphatic rings. The lowest BCUT2D eigenvalue weighted by Gasteiger charge is -1.95. The van der Waals surface area contributed by atoms with Gasteiger partial charge in [-0.2, -0.15) is 0 Å². The first-order valence-corrected chi connectivity index (χ1v) is 8.30. The van der Waals surface area contributed by atoms with Crippen LogP contribution in [0.1, 0.15) is 5.56 Å². The summed E-state index contributed by atoms with van der Waals surface area (Å²) in [6.45, 7) is 4.04. The number of carbonyl (C=O) groups excluding carboxylic acids is 1. The van der Waals surface area contributed by atoms with Crippen LogP contribution in [-0.4, -0.2) is 11.8 Å². The van der Waals surface area contributed by atoms with Crippen molar-refractivity contribution in [2.45, 2.75) is 6.92 Å². The van der Waals surface area contributed by atoms with Crippen molar-refractivity contribution < 1.29 is 4.79 Å². The lowest BCUT2D eigenvalue weighted by molar-refractivity contribution is -0.0979. The third-order valence-electron chi connectivity index (χ3n) is 2.74. The predicted molar refractivity (Wildman–Crippen MR) is 102 cm³/mol. The second kappa shape index (κ2) is 9.76.